The first-order chi connectivity index (χ1) is 15.0. The van der Waals surface area contributed by atoms with Crippen molar-refractivity contribution in [2.45, 2.75) is 42.9 Å². The van der Waals surface area contributed by atoms with Gasteiger partial charge in [-0.3, -0.25) is 14.5 Å². The number of carbonyl (C=O) groups excluding carboxylic acids is 1. The molecule has 3 aliphatic rings. The van der Waals surface area contributed by atoms with Crippen molar-refractivity contribution in [2.75, 3.05) is 0 Å². The smallest absolute Gasteiger partial charge is 0.325 e. The number of amides is 1. The third-order valence-electron chi connectivity index (χ3n) is 5.48. The van der Waals surface area contributed by atoms with Crippen LogP contribution >= 0.6 is 11.9 Å². The summed E-state index contributed by atoms with van der Waals surface area (Å²) in [6, 6.07) is -0.336. The van der Waals surface area contributed by atoms with E-state index in [-0.39, 0.29) is 31.4 Å². The Kier molecular flexibility index (Phi) is 7.28. The van der Waals surface area contributed by atoms with Crippen LogP contribution < -0.4 is 10.0 Å². The summed E-state index contributed by atoms with van der Waals surface area (Å²) < 4.78 is 80.6. The molecule has 3 unspecified atom stereocenters. The first-order valence-corrected chi connectivity index (χ1v) is 10.6. The van der Waals surface area contributed by atoms with Crippen LogP contribution in [0.1, 0.15) is 20.7 Å². The molecule has 3 rings (SSSR count). The van der Waals surface area contributed by atoms with Crippen LogP contribution in [-0.2, 0) is 4.79 Å². The molecule has 2 fully saturated rings. The monoisotopic (exact) mass is 479 g/mol. The summed E-state index contributed by atoms with van der Waals surface area (Å²) in [6.07, 6.45) is -1.94. The fourth-order valence-corrected chi connectivity index (χ4v) is 5.01. The minimum atomic E-state index is -4.74. The van der Waals surface area contributed by atoms with Gasteiger partial charge in [0.2, 0.25) is 5.91 Å². The first-order valence-electron chi connectivity index (χ1n) is 9.74. The normalized spacial score (nSPS) is 27.7. The zero-order valence-corrected chi connectivity index (χ0v) is 17.6. The molecular formula is C21H23F6N3OS. The molecule has 11 heteroatoms. The Hall–Kier alpha value is -2.01. The molecule has 4 nitrogen and oxygen atoms in total. The van der Waals surface area contributed by atoms with E-state index in [4.69, 9.17) is 0 Å². The number of nitrogens with zero attached hydrogens (tertiary/aromatic N) is 1. The highest BCUT2D eigenvalue weighted by Gasteiger charge is 2.50. The summed E-state index contributed by atoms with van der Waals surface area (Å²) in [5, 5.41) is 1.82. The lowest BCUT2D eigenvalue weighted by Gasteiger charge is -2.26. The fourth-order valence-electron chi connectivity index (χ4n) is 3.72. The molecule has 2 aliphatic carbocycles. The van der Waals surface area contributed by atoms with Crippen molar-refractivity contribution in [3.8, 4) is 0 Å². The number of halogens is 6. The Morgan fingerprint density at radius 1 is 1.28 bits per heavy atom. The van der Waals surface area contributed by atoms with Gasteiger partial charge in [-0.15, -0.1) is 0 Å². The highest BCUT2D eigenvalue weighted by molar-refractivity contribution is 7.99. The first kappa shape index (κ1) is 24.6. The second-order valence-electron chi connectivity index (χ2n) is 7.65. The van der Waals surface area contributed by atoms with Crippen LogP contribution in [0, 0.1) is 25.3 Å². The Morgan fingerprint density at radius 2 is 1.97 bits per heavy atom. The predicted octanol–water partition coefficient (Wildman–Crippen LogP) is 5.25. The van der Waals surface area contributed by atoms with E-state index in [2.05, 4.69) is 28.7 Å². The molecule has 1 saturated carbocycles. The van der Waals surface area contributed by atoms with Gasteiger partial charge in [-0.1, -0.05) is 30.7 Å². The van der Waals surface area contributed by atoms with E-state index in [1.807, 2.05) is 0 Å². The summed E-state index contributed by atoms with van der Waals surface area (Å²) in [5.74, 6) is -0.525. The van der Waals surface area contributed by atoms with Gasteiger partial charge in [-0.25, -0.2) is 0 Å². The summed E-state index contributed by atoms with van der Waals surface area (Å²) in [7, 11) is 2.90. The van der Waals surface area contributed by atoms with Crippen molar-refractivity contribution in [3.05, 3.63) is 61.2 Å². The molecule has 2 N–H and O–H groups in total. The Bertz CT molecular complexity index is 889. The molecule has 1 amide bonds. The largest absolute Gasteiger partial charge is 0.432 e. The lowest BCUT2D eigenvalue weighted by atomic mass is 9.82. The minimum Gasteiger partial charge on any atom is -0.325 e. The maximum Gasteiger partial charge on any atom is 0.432 e. The van der Waals surface area contributed by atoms with Gasteiger partial charge >= 0.3 is 12.4 Å². The van der Waals surface area contributed by atoms with Crippen LogP contribution in [0.3, 0.4) is 0 Å². The number of alkyl halides is 6. The molecule has 32 heavy (non-hydrogen) atoms. The number of aliphatic imine (C=N–C) groups is 1. The molecule has 0 bridgehead atoms. The highest BCUT2D eigenvalue weighted by atomic mass is 32.2. The van der Waals surface area contributed by atoms with E-state index >= 15 is 0 Å². The van der Waals surface area contributed by atoms with Crippen LogP contribution in [0.5, 0.6) is 0 Å². The molecule has 2 radical (unpaired) electrons. The number of nitrogens with one attached hydrogen (secondary N) is 2. The molecule has 1 saturated heterocycles. The molecule has 0 aromatic heterocycles. The van der Waals surface area contributed by atoms with E-state index in [9.17, 15) is 31.1 Å². The lowest BCUT2D eigenvalue weighted by Crippen LogP contribution is -2.40. The van der Waals surface area contributed by atoms with Crippen LogP contribution in [0.2, 0.25) is 0 Å². The second-order valence-corrected chi connectivity index (χ2v) is 8.63. The van der Waals surface area contributed by atoms with E-state index in [1.165, 1.54) is 12.5 Å². The molecular weight excluding hydrogens is 456 g/mol. The summed E-state index contributed by atoms with van der Waals surface area (Å²) in [6.45, 7) is 3.43. The highest BCUT2D eigenvalue weighted by Crippen LogP contribution is 2.49. The molecule has 1 heterocycles. The van der Waals surface area contributed by atoms with Crippen LogP contribution in [0.4, 0.5) is 26.3 Å². The van der Waals surface area contributed by atoms with Crippen molar-refractivity contribution in [2.24, 2.45) is 16.8 Å². The third-order valence-corrected chi connectivity index (χ3v) is 6.65. The van der Waals surface area contributed by atoms with E-state index in [0.717, 1.165) is 36.9 Å². The molecule has 3 atom stereocenters. The fraction of sp³-hybridized carbons (Fsp3) is 0.429. The van der Waals surface area contributed by atoms with Gasteiger partial charge in [0.15, 0.2) is 0 Å². The number of rotatable bonds is 6. The molecule has 0 aromatic rings. The maximum absolute atomic E-state index is 12.9. The van der Waals surface area contributed by atoms with Crippen molar-refractivity contribution >= 4 is 23.6 Å². The Morgan fingerprint density at radius 3 is 2.44 bits per heavy atom. The van der Waals surface area contributed by atoms with Gasteiger partial charge in [0.05, 0.1) is 7.05 Å². The average Bonchev–Trinajstić information content (AvgIpc) is 3.47. The number of hydrogen-bond acceptors (Lipinski definition) is 4. The Balaban J connectivity index is 0.00000385. The van der Waals surface area contributed by atoms with E-state index in [1.54, 1.807) is 0 Å². The standard InChI is InChI=1S/C21H21F6N3OS.H2/c1-3-14(10-15(28-2)21(25,26)27)29-19(31)18-16(11-4-5-11)17(30-32-18)12-6-8-13(9-7-12)20(22,23)24;/h3,6-8,10-11,16-18,30H,1-2,4-5,9H2,(H,29,31);1H/b14-10+,28-15?;. The van der Waals surface area contributed by atoms with Crippen LogP contribution in [0.15, 0.2) is 52.7 Å². The Labute approximate surface area is 187 Å². The van der Waals surface area contributed by atoms with Gasteiger partial charge in [0, 0.05) is 31.1 Å². The molecule has 0 spiro atoms. The van der Waals surface area contributed by atoms with Gasteiger partial charge < -0.3 is 5.32 Å². The number of hydrogen-bond donors (Lipinski definition) is 2. The summed E-state index contributed by atoms with van der Waals surface area (Å²) in [4.78, 5) is 15.9. The topological polar surface area (TPSA) is 53.5 Å². The SMILES string of the molecule is [CH2]N=C(/C=C(\C=C)NC(=O)C1SNC(C2=CCC(C(F)(F)F)=C[CH]2)C1C1CC1)C(F)(F)F.[HH]. The zero-order valence-electron chi connectivity index (χ0n) is 16.8. The second kappa shape index (κ2) is 9.46. The number of allylic oxidation sites excluding steroid dienone is 5. The molecule has 176 valence electrons. The van der Waals surface area contributed by atoms with Crippen LogP contribution in [0.25, 0.3) is 0 Å². The minimum absolute atomic E-state index is 0. The number of carbonyl (C=O) groups is 1. The van der Waals surface area contributed by atoms with Crippen molar-refractivity contribution in [1.82, 2.24) is 10.0 Å². The van der Waals surface area contributed by atoms with E-state index in [0.29, 0.717) is 11.6 Å². The summed E-state index contributed by atoms with van der Waals surface area (Å²) in [5.41, 5.74) is -1.41. The van der Waals surface area contributed by atoms with Gasteiger partial charge in [0.1, 0.15) is 11.0 Å². The average molecular weight is 479 g/mol. The molecule has 0 aromatic carbocycles. The summed E-state index contributed by atoms with van der Waals surface area (Å²) >= 11 is 1.13. The van der Waals surface area contributed by atoms with Crippen molar-refractivity contribution in [3.63, 3.8) is 0 Å². The van der Waals surface area contributed by atoms with Gasteiger partial charge in [0.25, 0.3) is 0 Å². The maximum atomic E-state index is 12.9. The van der Waals surface area contributed by atoms with Crippen LogP contribution in [-0.4, -0.2) is 35.3 Å². The third kappa shape index (κ3) is 5.67. The molecule has 1 aliphatic heterocycles. The van der Waals surface area contributed by atoms with Gasteiger partial charge in [-0.05, 0) is 42.9 Å². The lowest BCUT2D eigenvalue weighted by molar-refractivity contribution is -0.120. The van der Waals surface area contributed by atoms with E-state index < -0.39 is 34.8 Å². The zero-order chi connectivity index (χ0) is 23.7. The van der Waals surface area contributed by atoms with Gasteiger partial charge in [-0.2, -0.15) is 26.3 Å². The predicted molar refractivity (Wildman–Crippen MR) is 113 cm³/mol. The van der Waals surface area contributed by atoms with Crippen molar-refractivity contribution in [1.29, 1.82) is 0 Å². The van der Waals surface area contributed by atoms with Crippen molar-refractivity contribution < 1.29 is 32.6 Å². The quantitative estimate of drug-likeness (QED) is 0.237.